The van der Waals surface area contributed by atoms with Crippen LogP contribution in [0, 0.1) is 0 Å². The molecule has 1 nitrogen and oxygen atoms in total. The molecule has 0 aromatic heterocycles. The molecule has 0 fully saturated rings. The Morgan fingerprint density at radius 3 is 2.86 bits per heavy atom. The van der Waals surface area contributed by atoms with Crippen LogP contribution in [-0.4, -0.2) is 12.1 Å². The third-order valence-corrected chi connectivity index (χ3v) is 3.33. The van der Waals surface area contributed by atoms with Gasteiger partial charge in [-0.2, -0.15) is 0 Å². The van der Waals surface area contributed by atoms with Gasteiger partial charge in [-0.25, -0.2) is 0 Å². The number of hydrogen-bond acceptors (Lipinski definition) is 1. The number of benzene rings is 1. The number of nitrogens with zero attached hydrogens (tertiary/aromatic N) is 1. The smallest absolute Gasteiger partial charge is 0.0404 e. The van der Waals surface area contributed by atoms with Gasteiger partial charge in [0.05, 0.1) is 0 Å². The zero-order valence-corrected chi connectivity index (χ0v) is 9.33. The number of fused-ring (bicyclic) bond motifs is 1. The van der Waals surface area contributed by atoms with E-state index in [1.165, 1.54) is 24.1 Å². The summed E-state index contributed by atoms with van der Waals surface area (Å²) in [4.78, 5) is 2.56. The summed E-state index contributed by atoms with van der Waals surface area (Å²) < 4.78 is 0. The first-order valence-electron chi connectivity index (χ1n) is 5.60. The first kappa shape index (κ1) is 9.57. The van der Waals surface area contributed by atoms with Gasteiger partial charge in [0.2, 0.25) is 0 Å². The Morgan fingerprint density at radius 1 is 1.43 bits per heavy atom. The van der Waals surface area contributed by atoms with Gasteiger partial charge in [0.1, 0.15) is 0 Å². The Bertz CT molecular complexity index is 315. The number of anilines is 1. The Hall–Kier alpha value is -0.980. The zero-order chi connectivity index (χ0) is 10.1. The molecule has 1 aliphatic rings. The summed E-state index contributed by atoms with van der Waals surface area (Å²) in [6.45, 7) is 6.91. The van der Waals surface area contributed by atoms with Gasteiger partial charge >= 0.3 is 0 Å². The lowest BCUT2D eigenvalue weighted by Gasteiger charge is -2.31. The van der Waals surface area contributed by atoms with Crippen LogP contribution in [0.3, 0.4) is 0 Å². The molecule has 1 heteroatoms. The molecule has 0 bridgehead atoms. The summed E-state index contributed by atoms with van der Waals surface area (Å²) in [5.41, 5.74) is 2.97. The van der Waals surface area contributed by atoms with Gasteiger partial charge in [0.15, 0.2) is 0 Å². The van der Waals surface area contributed by atoms with Crippen LogP contribution in [0.25, 0.3) is 0 Å². The molecule has 0 N–H and O–H groups in total. The van der Waals surface area contributed by atoms with Crippen molar-refractivity contribution >= 4 is 5.69 Å². The van der Waals surface area contributed by atoms with Crippen molar-refractivity contribution < 1.29 is 0 Å². The molecule has 1 unspecified atom stereocenters. The second kappa shape index (κ2) is 3.64. The summed E-state index contributed by atoms with van der Waals surface area (Å²) in [7, 11) is 0. The second-order valence-corrected chi connectivity index (χ2v) is 4.35. The van der Waals surface area contributed by atoms with Gasteiger partial charge in [-0.05, 0) is 38.3 Å². The minimum Gasteiger partial charge on any atom is -0.366 e. The fourth-order valence-electron chi connectivity index (χ4n) is 2.46. The third-order valence-electron chi connectivity index (χ3n) is 3.33. The van der Waals surface area contributed by atoms with Crippen molar-refractivity contribution in [2.45, 2.75) is 45.7 Å². The molecule has 0 saturated heterocycles. The van der Waals surface area contributed by atoms with Crippen LogP contribution in [-0.2, 0) is 6.42 Å². The molecule has 0 aliphatic carbocycles. The molecule has 1 aliphatic heterocycles. The van der Waals surface area contributed by atoms with Crippen molar-refractivity contribution in [2.24, 2.45) is 0 Å². The first-order valence-corrected chi connectivity index (χ1v) is 5.60. The Morgan fingerprint density at radius 2 is 2.14 bits per heavy atom. The summed E-state index contributed by atoms with van der Waals surface area (Å²) in [6, 6.07) is 10.1. The molecule has 14 heavy (non-hydrogen) atoms. The molecule has 2 atom stereocenters. The fourth-order valence-corrected chi connectivity index (χ4v) is 2.46. The molecule has 1 aromatic carbocycles. The van der Waals surface area contributed by atoms with Crippen LogP contribution < -0.4 is 4.90 Å². The zero-order valence-electron chi connectivity index (χ0n) is 9.33. The summed E-state index contributed by atoms with van der Waals surface area (Å²) in [5.74, 6) is 0. The second-order valence-electron chi connectivity index (χ2n) is 4.35. The van der Waals surface area contributed by atoms with E-state index in [1.807, 2.05) is 0 Å². The van der Waals surface area contributed by atoms with E-state index in [4.69, 9.17) is 0 Å². The Kier molecular flexibility index (Phi) is 2.49. The minimum absolute atomic E-state index is 0.661. The van der Waals surface area contributed by atoms with Crippen molar-refractivity contribution in [3.05, 3.63) is 29.8 Å². The molecule has 0 amide bonds. The highest BCUT2D eigenvalue weighted by molar-refractivity contribution is 5.59. The number of hydrogen-bond donors (Lipinski definition) is 0. The standard InChI is InChI=1S/C13H19N/c1-4-10(2)14-11(3)9-12-7-5-6-8-13(12)14/h5-8,10-11H,4,9H2,1-3H3/t10?,11-/m0/s1. The highest BCUT2D eigenvalue weighted by atomic mass is 15.2. The largest absolute Gasteiger partial charge is 0.366 e. The Labute approximate surface area is 86.7 Å². The van der Waals surface area contributed by atoms with E-state index < -0.39 is 0 Å². The molecule has 2 rings (SSSR count). The average Bonchev–Trinajstić information content (AvgIpc) is 2.53. The van der Waals surface area contributed by atoms with Gasteiger partial charge in [0.25, 0.3) is 0 Å². The predicted molar refractivity (Wildman–Crippen MR) is 61.8 cm³/mol. The molecule has 76 valence electrons. The van der Waals surface area contributed by atoms with Gasteiger partial charge in [-0.3, -0.25) is 0 Å². The topological polar surface area (TPSA) is 3.24 Å². The maximum atomic E-state index is 2.56. The lowest BCUT2D eigenvalue weighted by atomic mass is 10.1. The first-order chi connectivity index (χ1) is 6.74. The maximum absolute atomic E-state index is 2.56. The van der Waals surface area contributed by atoms with Gasteiger partial charge in [-0.1, -0.05) is 25.1 Å². The van der Waals surface area contributed by atoms with E-state index in [0.29, 0.717) is 12.1 Å². The molecule has 0 radical (unpaired) electrons. The van der Waals surface area contributed by atoms with Crippen LogP contribution in [0.15, 0.2) is 24.3 Å². The fraction of sp³-hybridized carbons (Fsp3) is 0.538. The minimum atomic E-state index is 0.661. The quantitative estimate of drug-likeness (QED) is 0.690. The Balaban J connectivity index is 2.34. The predicted octanol–water partition coefficient (Wildman–Crippen LogP) is 3.24. The van der Waals surface area contributed by atoms with E-state index >= 15 is 0 Å². The van der Waals surface area contributed by atoms with Crippen LogP contribution in [0.5, 0.6) is 0 Å². The summed E-state index contributed by atoms with van der Waals surface area (Å²) >= 11 is 0. The number of para-hydroxylation sites is 1. The monoisotopic (exact) mass is 189 g/mol. The lowest BCUT2D eigenvalue weighted by Crippen LogP contribution is -2.37. The maximum Gasteiger partial charge on any atom is 0.0404 e. The summed E-state index contributed by atoms with van der Waals surface area (Å²) in [6.07, 6.45) is 2.43. The molecule has 1 heterocycles. The van der Waals surface area contributed by atoms with Crippen LogP contribution >= 0.6 is 0 Å². The van der Waals surface area contributed by atoms with Gasteiger partial charge in [0, 0.05) is 17.8 Å². The molecule has 0 saturated carbocycles. The van der Waals surface area contributed by atoms with Crippen LogP contribution in [0.4, 0.5) is 5.69 Å². The lowest BCUT2D eigenvalue weighted by molar-refractivity contribution is 0.562. The normalized spacial score (nSPS) is 22.2. The van der Waals surface area contributed by atoms with Crippen LogP contribution in [0.1, 0.15) is 32.8 Å². The summed E-state index contributed by atoms with van der Waals surface area (Å²) in [5, 5.41) is 0. The van der Waals surface area contributed by atoms with Crippen molar-refractivity contribution in [1.82, 2.24) is 0 Å². The van der Waals surface area contributed by atoms with Crippen molar-refractivity contribution in [1.29, 1.82) is 0 Å². The van der Waals surface area contributed by atoms with E-state index in [0.717, 1.165) is 0 Å². The van der Waals surface area contributed by atoms with Gasteiger partial charge < -0.3 is 4.90 Å². The average molecular weight is 189 g/mol. The van der Waals surface area contributed by atoms with Crippen molar-refractivity contribution in [2.75, 3.05) is 4.90 Å². The third kappa shape index (κ3) is 1.41. The van der Waals surface area contributed by atoms with E-state index in [2.05, 4.69) is 49.9 Å². The highest BCUT2D eigenvalue weighted by Gasteiger charge is 2.27. The molecular weight excluding hydrogens is 170 g/mol. The molecule has 1 aromatic rings. The SMILES string of the molecule is CCC(C)N1c2ccccc2C[C@@H]1C. The van der Waals surface area contributed by atoms with E-state index in [9.17, 15) is 0 Å². The molecule has 0 spiro atoms. The van der Waals surface area contributed by atoms with Crippen molar-refractivity contribution in [3.63, 3.8) is 0 Å². The van der Waals surface area contributed by atoms with Crippen molar-refractivity contribution in [3.8, 4) is 0 Å². The van der Waals surface area contributed by atoms with E-state index in [1.54, 1.807) is 0 Å². The number of rotatable bonds is 2. The van der Waals surface area contributed by atoms with Crippen LogP contribution in [0.2, 0.25) is 0 Å². The van der Waals surface area contributed by atoms with E-state index in [-0.39, 0.29) is 0 Å². The molecular formula is C13H19N. The van der Waals surface area contributed by atoms with Gasteiger partial charge in [-0.15, -0.1) is 0 Å². The highest BCUT2D eigenvalue weighted by Crippen LogP contribution is 2.33.